The highest BCUT2D eigenvalue weighted by atomic mass is 127. The van der Waals surface area contributed by atoms with Gasteiger partial charge in [0.1, 0.15) is 0 Å². The van der Waals surface area contributed by atoms with Crippen molar-refractivity contribution < 1.29 is 0 Å². The van der Waals surface area contributed by atoms with E-state index in [-0.39, 0.29) is 24.0 Å². The molecule has 2 heterocycles. The topological polar surface area (TPSA) is 45.5 Å². The van der Waals surface area contributed by atoms with Gasteiger partial charge in [-0.2, -0.15) is 5.10 Å². The molecule has 1 saturated carbocycles. The summed E-state index contributed by atoms with van der Waals surface area (Å²) in [4.78, 5) is 7.21. The summed E-state index contributed by atoms with van der Waals surface area (Å²) in [5.74, 6) is 2.54. The first-order valence-electron chi connectivity index (χ1n) is 7.78. The molecule has 1 unspecified atom stereocenters. The van der Waals surface area contributed by atoms with Gasteiger partial charge in [-0.25, -0.2) is 0 Å². The van der Waals surface area contributed by atoms with Crippen LogP contribution in [0.2, 0.25) is 0 Å². The standard InChI is InChI=1S/C15H25N5.HI/c1-3-16-15(17-8-12-4-5-12)20-7-6-13(11-20)14-9-18-19(2)10-14;/h9-10,12-13H,3-8,11H2,1-2H3,(H,16,17);1H. The van der Waals surface area contributed by atoms with Crippen LogP contribution in [0.3, 0.4) is 0 Å². The van der Waals surface area contributed by atoms with E-state index in [2.05, 4.69) is 28.4 Å². The van der Waals surface area contributed by atoms with Gasteiger partial charge in [0.2, 0.25) is 0 Å². The van der Waals surface area contributed by atoms with Crippen LogP contribution in [-0.4, -0.2) is 46.8 Å². The summed E-state index contributed by atoms with van der Waals surface area (Å²) < 4.78 is 1.89. The van der Waals surface area contributed by atoms with E-state index in [0.29, 0.717) is 5.92 Å². The van der Waals surface area contributed by atoms with Crippen LogP contribution in [0.1, 0.15) is 37.7 Å². The molecule has 0 aromatic carbocycles. The van der Waals surface area contributed by atoms with Crippen molar-refractivity contribution in [1.82, 2.24) is 20.0 Å². The average Bonchev–Trinajstić information content (AvgIpc) is 2.96. The summed E-state index contributed by atoms with van der Waals surface area (Å²) >= 11 is 0. The second-order valence-corrected chi connectivity index (χ2v) is 6.02. The Hall–Kier alpha value is -0.790. The van der Waals surface area contributed by atoms with Crippen LogP contribution in [0.4, 0.5) is 0 Å². The summed E-state index contributed by atoms with van der Waals surface area (Å²) in [5.41, 5.74) is 1.35. The molecule has 2 aliphatic rings. The van der Waals surface area contributed by atoms with Crippen molar-refractivity contribution in [3.8, 4) is 0 Å². The predicted octanol–water partition coefficient (Wildman–Crippen LogP) is 2.20. The summed E-state index contributed by atoms with van der Waals surface area (Å²) in [6.07, 6.45) is 8.06. The summed E-state index contributed by atoms with van der Waals surface area (Å²) in [7, 11) is 1.98. The lowest BCUT2D eigenvalue weighted by atomic mass is 10.0. The lowest BCUT2D eigenvalue weighted by molar-refractivity contribution is 0.485. The highest BCUT2D eigenvalue weighted by Gasteiger charge is 2.27. The van der Waals surface area contributed by atoms with Gasteiger partial charge >= 0.3 is 0 Å². The molecule has 1 aliphatic carbocycles. The average molecular weight is 403 g/mol. The lowest BCUT2D eigenvalue weighted by Gasteiger charge is -2.21. The number of rotatable bonds is 4. The number of hydrogen-bond donors (Lipinski definition) is 1. The van der Waals surface area contributed by atoms with Crippen LogP contribution in [0.5, 0.6) is 0 Å². The van der Waals surface area contributed by atoms with Gasteiger partial charge in [0.15, 0.2) is 5.96 Å². The summed E-state index contributed by atoms with van der Waals surface area (Å²) in [6.45, 7) is 6.23. The van der Waals surface area contributed by atoms with Crippen molar-refractivity contribution in [3.63, 3.8) is 0 Å². The van der Waals surface area contributed by atoms with Crippen LogP contribution in [0.15, 0.2) is 17.4 Å². The normalized spacial score (nSPS) is 22.3. The van der Waals surface area contributed by atoms with Crippen molar-refractivity contribution in [2.24, 2.45) is 18.0 Å². The molecule has 1 aliphatic heterocycles. The molecule has 2 fully saturated rings. The molecule has 3 rings (SSSR count). The maximum Gasteiger partial charge on any atom is 0.193 e. The van der Waals surface area contributed by atoms with Crippen LogP contribution in [0, 0.1) is 5.92 Å². The molecule has 1 aromatic rings. The van der Waals surface area contributed by atoms with Crippen molar-refractivity contribution >= 4 is 29.9 Å². The second kappa shape index (κ2) is 7.47. The van der Waals surface area contributed by atoms with Crippen molar-refractivity contribution in [2.45, 2.75) is 32.1 Å². The molecule has 118 valence electrons. The Kier molecular flexibility index (Phi) is 5.89. The first kappa shape index (κ1) is 16.6. The number of likely N-dealkylation sites (tertiary alicyclic amines) is 1. The van der Waals surface area contributed by atoms with Gasteiger partial charge in [0.25, 0.3) is 0 Å². The maximum atomic E-state index is 4.80. The van der Waals surface area contributed by atoms with E-state index in [0.717, 1.165) is 38.1 Å². The zero-order chi connectivity index (χ0) is 13.9. The molecule has 1 saturated heterocycles. The van der Waals surface area contributed by atoms with Gasteiger partial charge in [-0.15, -0.1) is 24.0 Å². The fraction of sp³-hybridized carbons (Fsp3) is 0.733. The molecule has 1 aromatic heterocycles. The largest absolute Gasteiger partial charge is 0.357 e. The molecule has 1 N–H and O–H groups in total. The Bertz CT molecular complexity index is 480. The first-order valence-corrected chi connectivity index (χ1v) is 7.78. The zero-order valence-electron chi connectivity index (χ0n) is 13.0. The molecule has 0 bridgehead atoms. The van der Waals surface area contributed by atoms with Crippen LogP contribution >= 0.6 is 24.0 Å². The molecule has 1 atom stereocenters. The van der Waals surface area contributed by atoms with Crippen molar-refractivity contribution in [1.29, 1.82) is 0 Å². The molecule has 0 amide bonds. The van der Waals surface area contributed by atoms with E-state index < -0.39 is 0 Å². The number of nitrogens with one attached hydrogen (secondary N) is 1. The van der Waals surface area contributed by atoms with E-state index in [9.17, 15) is 0 Å². The molecule has 6 heteroatoms. The lowest BCUT2D eigenvalue weighted by Crippen LogP contribution is -2.40. The fourth-order valence-electron chi connectivity index (χ4n) is 2.82. The summed E-state index contributed by atoms with van der Waals surface area (Å²) in [5, 5.41) is 7.73. The second-order valence-electron chi connectivity index (χ2n) is 6.02. The molecule has 0 spiro atoms. The van der Waals surface area contributed by atoms with Gasteiger partial charge < -0.3 is 10.2 Å². The number of aryl methyl sites for hydroxylation is 1. The Morgan fingerprint density at radius 2 is 2.24 bits per heavy atom. The molecule has 5 nitrogen and oxygen atoms in total. The number of guanidine groups is 1. The van der Waals surface area contributed by atoms with E-state index in [1.165, 1.54) is 24.8 Å². The van der Waals surface area contributed by atoms with Gasteiger partial charge in [-0.05, 0) is 37.7 Å². The number of aliphatic imine (C=N–C) groups is 1. The predicted molar refractivity (Wildman–Crippen MR) is 96.3 cm³/mol. The Balaban J connectivity index is 0.00000161. The fourth-order valence-corrected chi connectivity index (χ4v) is 2.82. The Labute approximate surface area is 144 Å². The monoisotopic (exact) mass is 403 g/mol. The van der Waals surface area contributed by atoms with E-state index in [1.54, 1.807) is 0 Å². The third-order valence-electron chi connectivity index (χ3n) is 4.22. The quantitative estimate of drug-likeness (QED) is 0.477. The van der Waals surface area contributed by atoms with E-state index >= 15 is 0 Å². The molecular formula is C15H26IN5. The van der Waals surface area contributed by atoms with Crippen molar-refractivity contribution in [3.05, 3.63) is 18.0 Å². The Morgan fingerprint density at radius 3 is 2.86 bits per heavy atom. The number of nitrogens with zero attached hydrogens (tertiary/aromatic N) is 4. The van der Waals surface area contributed by atoms with Gasteiger partial charge in [-0.3, -0.25) is 9.67 Å². The SMILES string of the molecule is CCNC(=NCC1CC1)N1CCC(c2cnn(C)c2)C1.I. The third-order valence-corrected chi connectivity index (χ3v) is 4.22. The highest BCUT2D eigenvalue weighted by Crippen LogP contribution is 2.30. The minimum Gasteiger partial charge on any atom is -0.357 e. The molecule has 21 heavy (non-hydrogen) atoms. The van der Waals surface area contributed by atoms with E-state index in [4.69, 9.17) is 4.99 Å². The van der Waals surface area contributed by atoms with Crippen LogP contribution in [0.25, 0.3) is 0 Å². The minimum atomic E-state index is 0. The highest BCUT2D eigenvalue weighted by molar-refractivity contribution is 14.0. The summed E-state index contributed by atoms with van der Waals surface area (Å²) in [6, 6.07) is 0. The number of hydrogen-bond acceptors (Lipinski definition) is 2. The molecule has 0 radical (unpaired) electrons. The third kappa shape index (κ3) is 4.34. The first-order chi connectivity index (χ1) is 9.76. The zero-order valence-corrected chi connectivity index (χ0v) is 15.3. The smallest absolute Gasteiger partial charge is 0.193 e. The minimum absolute atomic E-state index is 0. The van der Waals surface area contributed by atoms with Crippen LogP contribution in [-0.2, 0) is 7.05 Å². The number of halogens is 1. The van der Waals surface area contributed by atoms with E-state index in [1.807, 2.05) is 17.9 Å². The maximum absolute atomic E-state index is 4.80. The number of aromatic nitrogens is 2. The Morgan fingerprint density at radius 1 is 1.43 bits per heavy atom. The van der Waals surface area contributed by atoms with Gasteiger partial charge in [0, 0.05) is 45.3 Å². The van der Waals surface area contributed by atoms with Gasteiger partial charge in [-0.1, -0.05) is 0 Å². The van der Waals surface area contributed by atoms with Crippen molar-refractivity contribution in [2.75, 3.05) is 26.2 Å². The van der Waals surface area contributed by atoms with Gasteiger partial charge in [0.05, 0.1) is 6.20 Å². The molecular weight excluding hydrogens is 377 g/mol. The van der Waals surface area contributed by atoms with Crippen LogP contribution < -0.4 is 5.32 Å².